The van der Waals surface area contributed by atoms with Crippen molar-refractivity contribution in [3.05, 3.63) is 70.4 Å². The summed E-state index contributed by atoms with van der Waals surface area (Å²) in [5, 5.41) is 9.07. The van der Waals surface area contributed by atoms with Crippen molar-refractivity contribution in [2.75, 3.05) is 7.11 Å². The minimum Gasteiger partial charge on any atom is -0.496 e. The lowest BCUT2D eigenvalue weighted by Crippen LogP contribution is -2.20. The molecule has 33 heavy (non-hydrogen) atoms. The van der Waals surface area contributed by atoms with Gasteiger partial charge in [0.1, 0.15) is 11.6 Å². The molecule has 4 rings (SSSR count). The highest BCUT2D eigenvalue weighted by atomic mass is 19.4. The maximum Gasteiger partial charge on any atom is 0.417 e. The van der Waals surface area contributed by atoms with E-state index in [2.05, 4.69) is 4.98 Å². The Hall–Kier alpha value is -3.69. The summed E-state index contributed by atoms with van der Waals surface area (Å²) in [6, 6.07) is 6.49. The van der Waals surface area contributed by atoms with Crippen molar-refractivity contribution in [3.8, 4) is 17.0 Å². The molecule has 0 fully saturated rings. The fourth-order valence-electron chi connectivity index (χ4n) is 4.06. The number of carboxylic acids is 1. The molecule has 3 aromatic rings. The predicted molar refractivity (Wildman–Crippen MR) is 109 cm³/mol. The molecule has 0 saturated heterocycles. The molecule has 1 aliphatic rings. The van der Waals surface area contributed by atoms with Gasteiger partial charge >= 0.3 is 12.1 Å². The molecule has 172 valence electrons. The van der Waals surface area contributed by atoms with Gasteiger partial charge in [0, 0.05) is 17.8 Å². The minimum absolute atomic E-state index is 0.0271. The Labute approximate surface area is 185 Å². The Morgan fingerprint density at radius 3 is 2.55 bits per heavy atom. The van der Waals surface area contributed by atoms with E-state index < -0.39 is 34.9 Å². The van der Waals surface area contributed by atoms with Gasteiger partial charge in [0.2, 0.25) is 5.78 Å². The monoisotopic (exact) mass is 462 g/mol. The van der Waals surface area contributed by atoms with Gasteiger partial charge in [0.05, 0.1) is 29.5 Å². The van der Waals surface area contributed by atoms with Crippen LogP contribution in [0.2, 0.25) is 0 Å². The lowest BCUT2D eigenvalue weighted by Gasteiger charge is -2.19. The van der Waals surface area contributed by atoms with Crippen molar-refractivity contribution in [1.82, 2.24) is 9.55 Å². The number of nitrogens with zero attached hydrogens (tertiary/aromatic N) is 2. The first kappa shape index (κ1) is 22.5. The van der Waals surface area contributed by atoms with E-state index in [0.29, 0.717) is 25.1 Å². The molecule has 0 amide bonds. The molecule has 0 spiro atoms. The van der Waals surface area contributed by atoms with Gasteiger partial charge in [-0.3, -0.25) is 4.79 Å². The molecule has 0 atom stereocenters. The number of fused-ring (bicyclic) bond motifs is 1. The summed E-state index contributed by atoms with van der Waals surface area (Å²) in [6.07, 6.45) is -2.97. The van der Waals surface area contributed by atoms with Crippen LogP contribution in [-0.4, -0.2) is 33.5 Å². The largest absolute Gasteiger partial charge is 0.496 e. The number of halogens is 4. The molecule has 1 aromatic heterocycles. The van der Waals surface area contributed by atoms with Crippen LogP contribution in [-0.2, 0) is 19.1 Å². The van der Waals surface area contributed by atoms with Crippen molar-refractivity contribution in [2.45, 2.75) is 32.0 Å². The third-order valence-electron chi connectivity index (χ3n) is 5.57. The number of imidazole rings is 1. The molecule has 2 heterocycles. The van der Waals surface area contributed by atoms with Crippen LogP contribution in [0.3, 0.4) is 0 Å². The second kappa shape index (κ2) is 8.34. The number of carboxylic acid groups (broad SMARTS) is 1. The standard InChI is InChI=1S/C23H18F4N2O4/c1-33-17-7-4-5-14(23(25,26)27)18(17)20(30)21-28-19(16-6-2-3-10-29(16)21)13-9-8-12(22(31)32)11-15(13)24/h4-5,7-9,11H,2-3,6,10H2,1H3,(H,31,32). The van der Waals surface area contributed by atoms with Gasteiger partial charge in [-0.15, -0.1) is 0 Å². The van der Waals surface area contributed by atoms with E-state index in [1.807, 2.05) is 0 Å². The first-order valence-corrected chi connectivity index (χ1v) is 10.0. The first-order chi connectivity index (χ1) is 15.6. The number of hydrogen-bond acceptors (Lipinski definition) is 4. The summed E-state index contributed by atoms with van der Waals surface area (Å²) >= 11 is 0. The molecular formula is C23H18F4N2O4. The van der Waals surface area contributed by atoms with Gasteiger partial charge in [0.15, 0.2) is 5.82 Å². The second-order valence-electron chi connectivity index (χ2n) is 7.55. The van der Waals surface area contributed by atoms with Crippen molar-refractivity contribution in [2.24, 2.45) is 0 Å². The van der Waals surface area contributed by atoms with Gasteiger partial charge in [-0.1, -0.05) is 6.07 Å². The zero-order valence-electron chi connectivity index (χ0n) is 17.4. The number of hydrogen-bond donors (Lipinski definition) is 1. The Balaban J connectivity index is 1.91. The third kappa shape index (κ3) is 3.96. The van der Waals surface area contributed by atoms with Crippen LogP contribution in [0, 0.1) is 5.82 Å². The molecule has 0 aliphatic carbocycles. The van der Waals surface area contributed by atoms with Gasteiger partial charge in [-0.05, 0) is 49.6 Å². The number of aromatic nitrogens is 2. The van der Waals surface area contributed by atoms with Gasteiger partial charge in [-0.2, -0.15) is 13.2 Å². The number of ether oxygens (including phenoxy) is 1. The smallest absolute Gasteiger partial charge is 0.417 e. The maximum atomic E-state index is 14.8. The Kier molecular flexibility index (Phi) is 5.69. The van der Waals surface area contributed by atoms with E-state index in [9.17, 15) is 27.2 Å². The van der Waals surface area contributed by atoms with Crippen LogP contribution < -0.4 is 4.74 Å². The minimum atomic E-state index is -4.81. The highest BCUT2D eigenvalue weighted by Crippen LogP contribution is 2.38. The first-order valence-electron chi connectivity index (χ1n) is 10.0. The van der Waals surface area contributed by atoms with Gasteiger partial charge in [0.25, 0.3) is 0 Å². The van der Waals surface area contributed by atoms with E-state index in [1.165, 1.54) is 22.8 Å². The van der Waals surface area contributed by atoms with E-state index in [0.717, 1.165) is 31.7 Å². The lowest BCUT2D eigenvalue weighted by molar-refractivity contribution is -0.138. The maximum absolute atomic E-state index is 14.8. The van der Waals surface area contributed by atoms with E-state index in [1.54, 1.807) is 0 Å². The number of alkyl halides is 3. The zero-order valence-corrected chi connectivity index (χ0v) is 17.4. The average molecular weight is 462 g/mol. The number of methoxy groups -OCH3 is 1. The molecule has 2 aromatic carbocycles. The fraction of sp³-hybridized carbons (Fsp3) is 0.261. The molecule has 1 N–H and O–H groups in total. The molecule has 0 unspecified atom stereocenters. The molecular weight excluding hydrogens is 444 g/mol. The van der Waals surface area contributed by atoms with E-state index in [4.69, 9.17) is 9.84 Å². The van der Waals surface area contributed by atoms with E-state index >= 15 is 0 Å². The Bertz CT molecular complexity index is 1260. The van der Waals surface area contributed by atoms with Crippen molar-refractivity contribution < 1.29 is 37.0 Å². The average Bonchev–Trinajstić information content (AvgIpc) is 3.16. The van der Waals surface area contributed by atoms with Crippen molar-refractivity contribution >= 4 is 11.8 Å². The summed E-state index contributed by atoms with van der Waals surface area (Å²) in [7, 11) is 1.16. The molecule has 0 saturated carbocycles. The molecule has 0 bridgehead atoms. The second-order valence-corrected chi connectivity index (χ2v) is 7.55. The third-order valence-corrected chi connectivity index (χ3v) is 5.57. The molecule has 6 nitrogen and oxygen atoms in total. The van der Waals surface area contributed by atoms with Crippen LogP contribution in [0.25, 0.3) is 11.3 Å². The summed E-state index contributed by atoms with van der Waals surface area (Å²) in [4.78, 5) is 28.8. The van der Waals surface area contributed by atoms with E-state index in [-0.39, 0.29) is 28.4 Å². The highest BCUT2D eigenvalue weighted by molar-refractivity contribution is 6.10. The number of ketones is 1. The van der Waals surface area contributed by atoms with Crippen LogP contribution >= 0.6 is 0 Å². The normalized spacial score (nSPS) is 13.5. The number of rotatable bonds is 5. The topological polar surface area (TPSA) is 81.4 Å². The number of carbonyl (C=O) groups is 2. The SMILES string of the molecule is COc1cccc(C(F)(F)F)c1C(=O)c1nc(-c2ccc(C(=O)O)cc2F)c2n1CCCC2. The van der Waals surface area contributed by atoms with Gasteiger partial charge in [-0.25, -0.2) is 14.2 Å². The van der Waals surface area contributed by atoms with Crippen LogP contribution in [0.15, 0.2) is 36.4 Å². The Morgan fingerprint density at radius 1 is 1.15 bits per heavy atom. The summed E-state index contributed by atoms with van der Waals surface area (Å²) in [5.41, 5.74) is -1.49. The quantitative estimate of drug-likeness (QED) is 0.427. The summed E-state index contributed by atoms with van der Waals surface area (Å²) in [5.74, 6) is -3.65. The zero-order chi connectivity index (χ0) is 23.9. The van der Waals surface area contributed by atoms with Gasteiger partial charge < -0.3 is 14.4 Å². The molecule has 0 radical (unpaired) electrons. The van der Waals surface area contributed by atoms with Crippen molar-refractivity contribution in [1.29, 1.82) is 0 Å². The number of benzene rings is 2. The molecule has 1 aliphatic heterocycles. The predicted octanol–water partition coefficient (Wildman–Crippen LogP) is 4.98. The lowest BCUT2D eigenvalue weighted by atomic mass is 10.0. The fourth-order valence-corrected chi connectivity index (χ4v) is 4.06. The summed E-state index contributed by atoms with van der Waals surface area (Å²) in [6.45, 7) is 0.328. The Morgan fingerprint density at radius 2 is 1.91 bits per heavy atom. The number of carbonyl (C=O) groups excluding carboxylic acids is 1. The van der Waals surface area contributed by atoms with Crippen LogP contribution in [0.1, 0.15) is 50.6 Å². The van der Waals surface area contributed by atoms with Crippen LogP contribution in [0.5, 0.6) is 5.75 Å². The van der Waals surface area contributed by atoms with Crippen molar-refractivity contribution in [3.63, 3.8) is 0 Å². The highest BCUT2D eigenvalue weighted by Gasteiger charge is 2.39. The molecule has 10 heteroatoms. The number of aromatic carboxylic acids is 1. The summed E-state index contributed by atoms with van der Waals surface area (Å²) < 4.78 is 62.3. The van der Waals surface area contributed by atoms with Crippen LogP contribution in [0.4, 0.5) is 17.6 Å².